The number of para-hydroxylation sites is 1. The Morgan fingerprint density at radius 3 is 2.79 bits per heavy atom. The smallest absolute Gasteiger partial charge is 0.313 e. The predicted molar refractivity (Wildman–Crippen MR) is 90.2 cm³/mol. The van der Waals surface area contributed by atoms with Crippen molar-refractivity contribution < 1.29 is 19.4 Å². The Labute approximate surface area is 147 Å². The number of carboxylic acids is 1. The molecule has 0 aromatic heterocycles. The molecule has 0 unspecified atom stereocenters. The van der Waals surface area contributed by atoms with E-state index in [9.17, 15) is 14.7 Å². The van der Waals surface area contributed by atoms with Gasteiger partial charge in [0.1, 0.15) is 18.3 Å². The van der Waals surface area contributed by atoms with Crippen molar-refractivity contribution in [2.24, 2.45) is 0 Å². The summed E-state index contributed by atoms with van der Waals surface area (Å²) in [7, 11) is 0. The molecular weight excluding hydrogens is 374 g/mol. The van der Waals surface area contributed by atoms with E-state index in [0.717, 1.165) is 10.0 Å². The van der Waals surface area contributed by atoms with Gasteiger partial charge in [0.05, 0.1) is 12.6 Å². The number of benzene rings is 2. The van der Waals surface area contributed by atoms with Crippen molar-refractivity contribution >= 4 is 27.8 Å². The number of carbonyl (C=O) groups is 2. The molecule has 2 atom stereocenters. The van der Waals surface area contributed by atoms with E-state index in [2.05, 4.69) is 15.9 Å². The van der Waals surface area contributed by atoms with Crippen molar-refractivity contribution in [3.05, 3.63) is 63.6 Å². The van der Waals surface area contributed by atoms with Gasteiger partial charge in [0, 0.05) is 15.6 Å². The molecule has 1 N–H and O–H groups in total. The van der Waals surface area contributed by atoms with Gasteiger partial charge in [-0.15, -0.1) is 0 Å². The third-order valence-electron chi connectivity index (χ3n) is 4.59. The van der Waals surface area contributed by atoms with Gasteiger partial charge in [0.15, 0.2) is 0 Å². The lowest BCUT2D eigenvalue weighted by Crippen LogP contribution is -2.45. The van der Waals surface area contributed by atoms with E-state index in [1.807, 2.05) is 24.3 Å². The lowest BCUT2D eigenvalue weighted by Gasteiger charge is -2.39. The molecule has 0 bridgehead atoms. The average Bonchev–Trinajstić information content (AvgIpc) is 2.75. The zero-order chi connectivity index (χ0) is 16.8. The lowest BCUT2D eigenvalue weighted by molar-refractivity contribution is -0.140. The summed E-state index contributed by atoms with van der Waals surface area (Å²) in [6.07, 6.45) is 0. The van der Waals surface area contributed by atoms with Crippen LogP contribution in [0.1, 0.15) is 33.4 Å². The first kappa shape index (κ1) is 15.2. The van der Waals surface area contributed by atoms with Crippen LogP contribution in [0.2, 0.25) is 0 Å². The van der Waals surface area contributed by atoms with Crippen LogP contribution in [-0.4, -0.2) is 35.0 Å². The summed E-state index contributed by atoms with van der Waals surface area (Å²) in [5, 5.41) is 9.91. The summed E-state index contributed by atoms with van der Waals surface area (Å²) in [5.41, 5.74) is 1.73. The van der Waals surface area contributed by atoms with Crippen LogP contribution < -0.4 is 4.74 Å². The minimum absolute atomic E-state index is 0.158. The van der Waals surface area contributed by atoms with E-state index < -0.39 is 17.9 Å². The van der Waals surface area contributed by atoms with Gasteiger partial charge < -0.3 is 14.7 Å². The molecule has 2 aromatic rings. The summed E-state index contributed by atoms with van der Waals surface area (Å²) in [6.45, 7) is 0.697. The van der Waals surface area contributed by atoms with Gasteiger partial charge >= 0.3 is 5.97 Å². The molecule has 0 fully saturated rings. The Kier molecular flexibility index (Phi) is 3.57. The van der Waals surface area contributed by atoms with Crippen LogP contribution in [-0.2, 0) is 4.79 Å². The first-order valence-electron chi connectivity index (χ1n) is 7.63. The van der Waals surface area contributed by atoms with Crippen LogP contribution in [0, 0.1) is 0 Å². The molecule has 2 aromatic carbocycles. The summed E-state index contributed by atoms with van der Waals surface area (Å²) in [4.78, 5) is 26.7. The normalized spacial score (nSPS) is 21.9. The maximum absolute atomic E-state index is 13.0. The molecule has 0 saturated heterocycles. The van der Waals surface area contributed by atoms with Gasteiger partial charge in [-0.1, -0.05) is 40.2 Å². The van der Waals surface area contributed by atoms with Gasteiger partial charge in [-0.3, -0.25) is 9.59 Å². The highest BCUT2D eigenvalue weighted by atomic mass is 79.9. The first-order chi connectivity index (χ1) is 11.6. The van der Waals surface area contributed by atoms with E-state index in [1.54, 1.807) is 23.1 Å². The number of aliphatic carboxylic acids is 1. The molecule has 0 saturated carbocycles. The highest BCUT2D eigenvalue weighted by Crippen LogP contribution is 2.46. The number of rotatable bonds is 1. The van der Waals surface area contributed by atoms with Crippen LogP contribution in [0.5, 0.6) is 5.75 Å². The Hall–Kier alpha value is -2.34. The van der Waals surface area contributed by atoms with Gasteiger partial charge in [-0.05, 0) is 23.8 Å². The van der Waals surface area contributed by atoms with E-state index >= 15 is 0 Å². The standard InChI is InChI=1S/C18H14BrNO4/c19-10-5-6-11-13(9-10)17(21)20-7-8-24-14-4-2-1-3-12(14)16(20)15(11)18(22)23/h1-6,9,15-16H,7-8H2,(H,22,23)/t15-,16-/m1/s1. The highest BCUT2D eigenvalue weighted by molar-refractivity contribution is 9.10. The number of carboxylic acid groups (broad SMARTS) is 1. The SMILES string of the molecule is O=C(O)[C@@H]1c2ccc(Br)cc2C(=O)N2CCOc3ccccc3[C@H]12. The molecule has 2 aliphatic heterocycles. The zero-order valence-corrected chi connectivity index (χ0v) is 14.2. The van der Waals surface area contributed by atoms with Gasteiger partial charge in [0.25, 0.3) is 5.91 Å². The Morgan fingerprint density at radius 1 is 1.21 bits per heavy atom. The van der Waals surface area contributed by atoms with Crippen molar-refractivity contribution in [2.45, 2.75) is 12.0 Å². The molecule has 24 heavy (non-hydrogen) atoms. The minimum atomic E-state index is -0.947. The number of nitrogens with zero attached hydrogens (tertiary/aromatic N) is 1. The fourth-order valence-corrected chi connectivity index (χ4v) is 3.94. The van der Waals surface area contributed by atoms with Crippen LogP contribution in [0.25, 0.3) is 0 Å². The molecule has 0 aliphatic carbocycles. The molecule has 2 aliphatic rings. The fourth-order valence-electron chi connectivity index (χ4n) is 3.58. The quantitative estimate of drug-likeness (QED) is 0.815. The largest absolute Gasteiger partial charge is 0.491 e. The summed E-state index contributed by atoms with van der Waals surface area (Å²) in [6, 6.07) is 12.0. The highest BCUT2D eigenvalue weighted by Gasteiger charge is 2.46. The van der Waals surface area contributed by atoms with Crippen molar-refractivity contribution in [1.82, 2.24) is 4.90 Å². The molecule has 0 spiro atoms. The predicted octanol–water partition coefficient (Wildman–Crippen LogP) is 3.21. The maximum atomic E-state index is 13.0. The number of hydrogen-bond donors (Lipinski definition) is 1. The van der Waals surface area contributed by atoms with E-state index in [1.165, 1.54) is 0 Å². The van der Waals surface area contributed by atoms with E-state index in [4.69, 9.17) is 4.74 Å². The number of ether oxygens (including phenoxy) is 1. The van der Waals surface area contributed by atoms with Crippen LogP contribution in [0.3, 0.4) is 0 Å². The molecule has 2 heterocycles. The van der Waals surface area contributed by atoms with Crippen molar-refractivity contribution in [2.75, 3.05) is 13.2 Å². The lowest BCUT2D eigenvalue weighted by atomic mass is 9.79. The third-order valence-corrected chi connectivity index (χ3v) is 5.08. The zero-order valence-electron chi connectivity index (χ0n) is 12.6. The molecule has 6 heteroatoms. The van der Waals surface area contributed by atoms with E-state index in [0.29, 0.717) is 30.0 Å². The monoisotopic (exact) mass is 387 g/mol. The second-order valence-corrected chi connectivity index (χ2v) is 6.79. The molecule has 5 nitrogen and oxygen atoms in total. The summed E-state index contributed by atoms with van der Waals surface area (Å²) < 4.78 is 6.50. The Morgan fingerprint density at radius 2 is 2.00 bits per heavy atom. The Bertz CT molecular complexity index is 851. The first-order valence-corrected chi connectivity index (χ1v) is 8.42. The number of amides is 1. The topological polar surface area (TPSA) is 66.8 Å². The van der Waals surface area contributed by atoms with Crippen molar-refractivity contribution in [1.29, 1.82) is 0 Å². The van der Waals surface area contributed by atoms with Gasteiger partial charge in [0.2, 0.25) is 0 Å². The molecule has 4 rings (SSSR count). The second kappa shape index (κ2) is 5.63. The minimum Gasteiger partial charge on any atom is -0.491 e. The van der Waals surface area contributed by atoms with Crippen molar-refractivity contribution in [3.63, 3.8) is 0 Å². The summed E-state index contributed by atoms with van der Waals surface area (Å²) >= 11 is 3.36. The van der Waals surface area contributed by atoms with Crippen LogP contribution in [0.15, 0.2) is 46.9 Å². The van der Waals surface area contributed by atoms with Crippen LogP contribution >= 0.6 is 15.9 Å². The van der Waals surface area contributed by atoms with Gasteiger partial charge in [-0.2, -0.15) is 0 Å². The number of halogens is 1. The fraction of sp³-hybridized carbons (Fsp3) is 0.222. The molecule has 1 amide bonds. The number of hydrogen-bond acceptors (Lipinski definition) is 3. The van der Waals surface area contributed by atoms with Crippen LogP contribution in [0.4, 0.5) is 0 Å². The average molecular weight is 388 g/mol. The molecule has 0 radical (unpaired) electrons. The summed E-state index contributed by atoms with van der Waals surface area (Å²) in [5.74, 6) is -1.29. The van der Waals surface area contributed by atoms with Crippen molar-refractivity contribution in [3.8, 4) is 5.75 Å². The third kappa shape index (κ3) is 2.21. The Balaban J connectivity index is 1.97. The molecule has 122 valence electrons. The maximum Gasteiger partial charge on any atom is 0.313 e. The second-order valence-electron chi connectivity index (χ2n) is 5.88. The van der Waals surface area contributed by atoms with E-state index in [-0.39, 0.29) is 5.91 Å². The number of fused-ring (bicyclic) bond motifs is 4. The number of carbonyl (C=O) groups excluding carboxylic acids is 1. The molecular formula is C18H14BrNO4. The van der Waals surface area contributed by atoms with Gasteiger partial charge in [-0.25, -0.2) is 0 Å².